The summed E-state index contributed by atoms with van der Waals surface area (Å²) in [5.74, 6) is 0.163. The molecule has 0 atom stereocenters. The van der Waals surface area contributed by atoms with Crippen molar-refractivity contribution in [2.75, 3.05) is 10.6 Å². The van der Waals surface area contributed by atoms with Gasteiger partial charge in [0.1, 0.15) is 0 Å². The summed E-state index contributed by atoms with van der Waals surface area (Å²) >= 11 is 0. The van der Waals surface area contributed by atoms with Gasteiger partial charge in [0.2, 0.25) is 5.95 Å². The Morgan fingerprint density at radius 1 is 0.867 bits per heavy atom. The van der Waals surface area contributed by atoms with Crippen LogP contribution in [0.25, 0.3) is 11.3 Å². The number of anilines is 3. The molecule has 0 aliphatic carbocycles. The van der Waals surface area contributed by atoms with Gasteiger partial charge in [-0.15, -0.1) is 0 Å². The molecule has 0 aliphatic heterocycles. The molecule has 4 rings (SSSR count). The van der Waals surface area contributed by atoms with E-state index in [-0.39, 0.29) is 37.0 Å². The van der Waals surface area contributed by atoms with E-state index in [4.69, 9.17) is 0 Å². The number of carbonyl (C=O) groups excluding carboxylic acids is 1. The zero-order valence-electron chi connectivity index (χ0n) is 16.2. The van der Waals surface area contributed by atoms with Crippen molar-refractivity contribution in [2.45, 2.75) is 0 Å². The van der Waals surface area contributed by atoms with E-state index in [1.807, 2.05) is 84.9 Å². The Bertz CT molecular complexity index is 1020. The van der Waals surface area contributed by atoms with Crippen LogP contribution in [-0.2, 0) is 4.79 Å². The van der Waals surface area contributed by atoms with Gasteiger partial charge in [0.15, 0.2) is 0 Å². The van der Waals surface area contributed by atoms with Crippen LogP contribution in [0.3, 0.4) is 0 Å². The van der Waals surface area contributed by atoms with Crippen molar-refractivity contribution >= 4 is 23.2 Å². The second kappa shape index (κ2) is 12.5. The van der Waals surface area contributed by atoms with Crippen LogP contribution >= 0.6 is 0 Å². The van der Waals surface area contributed by atoms with Crippen molar-refractivity contribution in [3.63, 3.8) is 0 Å². The molecular formula is C24H20N4OU. The normalized spacial score (nSPS) is 9.33. The van der Waals surface area contributed by atoms with E-state index in [9.17, 15) is 4.79 Å². The van der Waals surface area contributed by atoms with Crippen LogP contribution in [-0.4, -0.2) is 15.9 Å². The molecule has 0 fully saturated rings. The minimum Gasteiger partial charge on any atom is -0.351 e. The Kier molecular flexibility index (Phi) is 9.66. The van der Waals surface area contributed by atoms with Crippen molar-refractivity contribution in [1.82, 2.24) is 9.97 Å². The monoisotopic (exact) mass is 618 g/mol. The third kappa shape index (κ3) is 7.75. The van der Waals surface area contributed by atoms with Gasteiger partial charge >= 0.3 is 31.1 Å². The summed E-state index contributed by atoms with van der Waals surface area (Å²) < 4.78 is 0. The molecule has 5 nitrogen and oxygen atoms in total. The molecule has 0 unspecified atom stereocenters. The minimum absolute atomic E-state index is 0. The summed E-state index contributed by atoms with van der Waals surface area (Å²) in [5, 5.41) is 5.82. The molecule has 0 aliphatic rings. The van der Waals surface area contributed by atoms with Gasteiger partial charge in [-0.25, -0.2) is 9.97 Å². The number of aromatic nitrogens is 2. The summed E-state index contributed by atoms with van der Waals surface area (Å²) in [4.78, 5) is 19.8. The number of nitrogens with zero attached hydrogens (tertiary/aromatic N) is 2. The van der Waals surface area contributed by atoms with Crippen LogP contribution in [0.1, 0.15) is 0 Å². The predicted molar refractivity (Wildman–Crippen MR) is 116 cm³/mol. The van der Waals surface area contributed by atoms with Crippen molar-refractivity contribution in [2.24, 2.45) is 0 Å². The van der Waals surface area contributed by atoms with Gasteiger partial charge in [-0.2, -0.15) is 36.4 Å². The van der Waals surface area contributed by atoms with Gasteiger partial charge in [0, 0.05) is 23.1 Å². The summed E-state index contributed by atoms with van der Waals surface area (Å²) in [6, 6.07) is 31.5. The standard InChI is InChI=1S/C18H15N4O.C6H5.U/c1-13(23)20-16-9-5-6-14(12-16)17-10-11-19-18(22-17)21-15-7-3-2-4-8-15;1-2-4-6-5-3-1;/h2-12H,1H2,(H,20,23)(H,19,21,22);1-5H;/q2*-1;+2. The zero-order valence-corrected chi connectivity index (χ0v) is 20.4. The molecule has 0 radical (unpaired) electrons. The summed E-state index contributed by atoms with van der Waals surface area (Å²) in [5.41, 5.74) is 3.25. The smallest absolute Gasteiger partial charge is 0.351 e. The number of amides is 1. The molecule has 6 heteroatoms. The summed E-state index contributed by atoms with van der Waals surface area (Å²) in [7, 11) is 0. The van der Waals surface area contributed by atoms with Gasteiger partial charge in [0.05, 0.1) is 11.6 Å². The van der Waals surface area contributed by atoms with E-state index in [0.717, 1.165) is 16.9 Å². The molecule has 30 heavy (non-hydrogen) atoms. The average molecular weight is 618 g/mol. The molecule has 0 bridgehead atoms. The molecule has 0 saturated carbocycles. The minimum atomic E-state index is -0.351. The number of hydrogen-bond donors (Lipinski definition) is 2. The van der Waals surface area contributed by atoms with E-state index >= 15 is 0 Å². The van der Waals surface area contributed by atoms with Crippen LogP contribution in [0.4, 0.5) is 17.3 Å². The molecule has 0 spiro atoms. The van der Waals surface area contributed by atoms with Gasteiger partial charge < -0.3 is 22.4 Å². The Balaban J connectivity index is 0.000000395. The number of rotatable bonds is 4. The van der Waals surface area contributed by atoms with Crippen LogP contribution in [0, 0.1) is 44.1 Å². The quantitative estimate of drug-likeness (QED) is 0.311. The van der Waals surface area contributed by atoms with Gasteiger partial charge in [-0.05, 0) is 30.3 Å². The maximum Gasteiger partial charge on any atom is 2.00 e. The predicted octanol–water partition coefficient (Wildman–Crippen LogP) is 5.15. The number of benzene rings is 3. The molecule has 1 aromatic heterocycles. The largest absolute Gasteiger partial charge is 2.00 e. The van der Waals surface area contributed by atoms with Gasteiger partial charge in [0.25, 0.3) is 0 Å². The van der Waals surface area contributed by atoms with Crippen molar-refractivity contribution in [3.8, 4) is 11.3 Å². The molecular weight excluding hydrogens is 598 g/mol. The molecule has 1 amide bonds. The maximum atomic E-state index is 11.1. The van der Waals surface area contributed by atoms with Gasteiger partial charge in [-0.1, -0.05) is 30.3 Å². The fourth-order valence-corrected chi connectivity index (χ4v) is 2.49. The first kappa shape index (κ1) is 23.2. The first-order valence-electron chi connectivity index (χ1n) is 9.00. The average Bonchev–Trinajstić information content (AvgIpc) is 2.76. The van der Waals surface area contributed by atoms with Crippen molar-refractivity contribution in [1.29, 1.82) is 0 Å². The Morgan fingerprint density at radius 3 is 2.20 bits per heavy atom. The Labute approximate surface area is 200 Å². The molecule has 0 saturated heterocycles. The van der Waals surface area contributed by atoms with E-state index in [1.165, 1.54) is 0 Å². The van der Waals surface area contributed by atoms with Crippen LogP contribution in [0.2, 0.25) is 0 Å². The van der Waals surface area contributed by atoms with E-state index in [1.54, 1.807) is 12.3 Å². The SMILES string of the molecule is [CH2-]C(=O)Nc1cccc(-c2ccnc(Nc3ccccc3)n2)c1.[U+2].[c-]1ccccc1. The van der Waals surface area contributed by atoms with E-state index < -0.39 is 0 Å². The molecule has 3 aromatic carbocycles. The van der Waals surface area contributed by atoms with E-state index in [2.05, 4.69) is 33.6 Å². The van der Waals surface area contributed by atoms with Crippen molar-refractivity contribution in [3.05, 3.63) is 110 Å². The Hall–Kier alpha value is -3.07. The fourth-order valence-electron chi connectivity index (χ4n) is 2.49. The van der Waals surface area contributed by atoms with E-state index in [0.29, 0.717) is 11.6 Å². The van der Waals surface area contributed by atoms with Crippen LogP contribution in [0.15, 0.2) is 97.2 Å². The molecule has 2 N–H and O–H groups in total. The maximum absolute atomic E-state index is 11.1. The van der Waals surface area contributed by atoms with Crippen LogP contribution < -0.4 is 10.6 Å². The topological polar surface area (TPSA) is 66.9 Å². The second-order valence-electron chi connectivity index (χ2n) is 5.96. The number of nitrogens with one attached hydrogen (secondary N) is 2. The number of carbonyl (C=O) groups is 1. The Morgan fingerprint density at radius 2 is 1.57 bits per heavy atom. The van der Waals surface area contributed by atoms with Gasteiger partial charge in [-0.3, -0.25) is 0 Å². The fraction of sp³-hybridized carbons (Fsp3) is 0. The molecule has 1 heterocycles. The van der Waals surface area contributed by atoms with Crippen LogP contribution in [0.5, 0.6) is 0 Å². The third-order valence-corrected chi connectivity index (χ3v) is 3.73. The number of para-hydroxylation sites is 1. The first-order valence-corrected chi connectivity index (χ1v) is 9.00. The molecule has 146 valence electrons. The summed E-state index contributed by atoms with van der Waals surface area (Å²) in [6.07, 6.45) is 1.69. The summed E-state index contributed by atoms with van der Waals surface area (Å²) in [6.45, 7) is 3.31. The third-order valence-electron chi connectivity index (χ3n) is 3.73. The second-order valence-corrected chi connectivity index (χ2v) is 5.96. The van der Waals surface area contributed by atoms with Crippen molar-refractivity contribution < 1.29 is 35.9 Å². The first-order chi connectivity index (χ1) is 14.2. The zero-order chi connectivity index (χ0) is 20.3. The molecule has 4 aromatic rings. The number of hydrogen-bond acceptors (Lipinski definition) is 4.